The second-order valence-corrected chi connectivity index (χ2v) is 9.03. The lowest BCUT2D eigenvalue weighted by molar-refractivity contribution is 0.280. The van der Waals surface area contributed by atoms with Gasteiger partial charge in [-0.15, -0.1) is 10.2 Å². The third kappa shape index (κ3) is 5.57. The van der Waals surface area contributed by atoms with E-state index in [9.17, 15) is 4.39 Å². The van der Waals surface area contributed by atoms with Crippen molar-refractivity contribution < 1.29 is 9.13 Å². The van der Waals surface area contributed by atoms with Crippen LogP contribution in [0.25, 0.3) is 11.4 Å². The molecule has 1 unspecified atom stereocenters. The molecule has 0 spiro atoms. The average molecular weight is 529 g/mol. The van der Waals surface area contributed by atoms with Crippen LogP contribution in [-0.4, -0.2) is 26.8 Å². The van der Waals surface area contributed by atoms with Gasteiger partial charge in [-0.05, 0) is 76.7 Å². The van der Waals surface area contributed by atoms with Crippen molar-refractivity contribution in [2.45, 2.75) is 17.1 Å². The first kappa shape index (κ1) is 21.2. The van der Waals surface area contributed by atoms with E-state index >= 15 is 0 Å². The van der Waals surface area contributed by atoms with Crippen LogP contribution in [0, 0.1) is 0 Å². The minimum atomic E-state index is -1.40. The second kappa shape index (κ2) is 9.42. The molecule has 8 heteroatoms. The van der Waals surface area contributed by atoms with Gasteiger partial charge in [-0.25, -0.2) is 4.39 Å². The van der Waals surface area contributed by atoms with Gasteiger partial charge in [0.15, 0.2) is 3.68 Å². The minimum Gasteiger partial charge on any atom is -0.492 e. The van der Waals surface area contributed by atoms with Crippen LogP contribution in [0.5, 0.6) is 5.75 Å². The molecule has 0 saturated heterocycles. The zero-order chi connectivity index (χ0) is 21.7. The Kier molecular flexibility index (Phi) is 6.45. The molecule has 0 saturated carbocycles. The molecule has 0 amide bonds. The first-order valence-electron chi connectivity index (χ1n) is 9.79. The number of aromatic nitrogens is 4. The van der Waals surface area contributed by atoms with E-state index in [4.69, 9.17) is 4.74 Å². The van der Waals surface area contributed by atoms with Crippen molar-refractivity contribution in [1.82, 2.24) is 20.2 Å². The SMILES string of the molecule is CC(F)(I)c1ccc(Nc2ccccc2-c2nnn(CCOc3ccccc3)n2)cc1. The van der Waals surface area contributed by atoms with Gasteiger partial charge in [0.1, 0.15) is 12.4 Å². The van der Waals surface area contributed by atoms with E-state index in [2.05, 4.69) is 20.7 Å². The fourth-order valence-electron chi connectivity index (χ4n) is 3.00. The number of halogens is 2. The maximum Gasteiger partial charge on any atom is 0.207 e. The largest absolute Gasteiger partial charge is 0.492 e. The molecule has 1 N–H and O–H groups in total. The lowest BCUT2D eigenvalue weighted by Crippen LogP contribution is -2.11. The maximum atomic E-state index is 14.1. The molecule has 158 valence electrons. The van der Waals surface area contributed by atoms with Gasteiger partial charge in [0.05, 0.1) is 6.54 Å². The molecule has 1 heterocycles. The second-order valence-electron chi connectivity index (χ2n) is 7.01. The number of benzene rings is 3. The molecule has 4 aromatic rings. The van der Waals surface area contributed by atoms with E-state index < -0.39 is 3.68 Å². The van der Waals surface area contributed by atoms with Crippen molar-refractivity contribution in [3.8, 4) is 17.1 Å². The highest BCUT2D eigenvalue weighted by atomic mass is 127. The molecule has 31 heavy (non-hydrogen) atoms. The van der Waals surface area contributed by atoms with Gasteiger partial charge in [0.2, 0.25) is 5.82 Å². The average Bonchev–Trinajstić information content (AvgIpc) is 3.23. The van der Waals surface area contributed by atoms with Crippen molar-refractivity contribution in [3.05, 3.63) is 84.4 Å². The fourth-order valence-corrected chi connectivity index (χ4v) is 3.36. The molecule has 0 bridgehead atoms. The van der Waals surface area contributed by atoms with Crippen LogP contribution in [0.4, 0.5) is 15.8 Å². The number of nitrogens with one attached hydrogen (secondary N) is 1. The van der Waals surface area contributed by atoms with Crippen LogP contribution in [0.3, 0.4) is 0 Å². The van der Waals surface area contributed by atoms with E-state index in [0.29, 0.717) is 24.5 Å². The summed E-state index contributed by atoms with van der Waals surface area (Å²) in [4.78, 5) is 1.52. The quantitative estimate of drug-likeness (QED) is 0.233. The predicted molar refractivity (Wildman–Crippen MR) is 127 cm³/mol. The Morgan fingerprint density at radius 1 is 1.00 bits per heavy atom. The minimum absolute atomic E-state index is 0.441. The molecule has 3 aromatic carbocycles. The number of nitrogens with zero attached hydrogens (tertiary/aromatic N) is 4. The molecule has 1 atom stereocenters. The van der Waals surface area contributed by atoms with Crippen LogP contribution in [0.2, 0.25) is 0 Å². The maximum absolute atomic E-state index is 14.1. The van der Waals surface area contributed by atoms with Crippen LogP contribution in [-0.2, 0) is 10.2 Å². The summed E-state index contributed by atoms with van der Waals surface area (Å²) >= 11 is 1.78. The molecule has 0 aliphatic carbocycles. The van der Waals surface area contributed by atoms with Gasteiger partial charge in [0, 0.05) is 16.9 Å². The Hall–Kier alpha value is -3.01. The molecule has 6 nitrogen and oxygen atoms in total. The zero-order valence-corrected chi connectivity index (χ0v) is 19.0. The zero-order valence-electron chi connectivity index (χ0n) is 16.9. The van der Waals surface area contributed by atoms with E-state index in [1.165, 1.54) is 11.7 Å². The number of para-hydroxylation sites is 2. The number of hydrogen-bond donors (Lipinski definition) is 1. The predicted octanol–water partition coefficient (Wildman–Crippen LogP) is 5.74. The topological polar surface area (TPSA) is 64.9 Å². The third-order valence-electron chi connectivity index (χ3n) is 4.59. The Morgan fingerprint density at radius 2 is 1.71 bits per heavy atom. The molecule has 0 aliphatic rings. The van der Waals surface area contributed by atoms with Crippen molar-refractivity contribution in [2.75, 3.05) is 11.9 Å². The summed E-state index contributed by atoms with van der Waals surface area (Å²) < 4.78 is 18.4. The molecule has 4 rings (SSSR count). The van der Waals surface area contributed by atoms with Gasteiger partial charge < -0.3 is 10.1 Å². The van der Waals surface area contributed by atoms with Crippen molar-refractivity contribution in [2.24, 2.45) is 0 Å². The van der Waals surface area contributed by atoms with Gasteiger partial charge in [-0.2, -0.15) is 4.80 Å². The summed E-state index contributed by atoms with van der Waals surface area (Å²) in [5.74, 6) is 1.32. The van der Waals surface area contributed by atoms with Crippen molar-refractivity contribution >= 4 is 34.0 Å². The third-order valence-corrected chi connectivity index (χ3v) is 5.22. The first-order chi connectivity index (χ1) is 15.0. The first-order valence-corrected chi connectivity index (χ1v) is 10.9. The standard InChI is InChI=1S/C23H21FIN5O/c1-23(24,25)17-11-13-18(14-12-17)26-21-10-6-5-9-20(21)22-27-29-30(28-22)15-16-31-19-7-3-2-4-8-19/h2-14,26H,15-16H2,1H3. The van der Waals surface area contributed by atoms with Gasteiger partial charge in [-0.1, -0.05) is 42.5 Å². The summed E-state index contributed by atoms with van der Waals surface area (Å²) in [7, 11) is 0. The summed E-state index contributed by atoms with van der Waals surface area (Å²) in [6.07, 6.45) is 0. The number of alkyl halides is 2. The normalized spacial score (nSPS) is 12.9. The van der Waals surface area contributed by atoms with Crippen LogP contribution >= 0.6 is 22.6 Å². The fraction of sp³-hybridized carbons (Fsp3) is 0.174. The van der Waals surface area contributed by atoms with Crippen molar-refractivity contribution in [1.29, 1.82) is 0 Å². The lowest BCUT2D eigenvalue weighted by atomic mass is 10.1. The summed E-state index contributed by atoms with van der Waals surface area (Å²) in [5, 5.41) is 16.2. The number of anilines is 2. The van der Waals surface area contributed by atoms with E-state index in [0.717, 1.165) is 22.7 Å². The molecular weight excluding hydrogens is 508 g/mol. The van der Waals surface area contributed by atoms with Gasteiger partial charge >= 0.3 is 0 Å². The Labute approximate surface area is 193 Å². The highest BCUT2D eigenvalue weighted by Crippen LogP contribution is 2.34. The summed E-state index contributed by atoms with van der Waals surface area (Å²) in [6, 6.07) is 24.6. The van der Waals surface area contributed by atoms with E-state index in [-0.39, 0.29) is 0 Å². The van der Waals surface area contributed by atoms with Gasteiger partial charge in [-0.3, -0.25) is 0 Å². The van der Waals surface area contributed by atoms with Crippen LogP contribution in [0.15, 0.2) is 78.9 Å². The highest BCUT2D eigenvalue weighted by molar-refractivity contribution is 14.1. The van der Waals surface area contributed by atoms with Crippen LogP contribution < -0.4 is 10.1 Å². The molecule has 0 radical (unpaired) electrons. The Bertz CT molecular complexity index is 1130. The number of ether oxygens (including phenoxy) is 1. The summed E-state index contributed by atoms with van der Waals surface area (Å²) in [6.45, 7) is 2.46. The van der Waals surface area contributed by atoms with E-state index in [1.807, 2.05) is 66.7 Å². The Balaban J connectivity index is 1.45. The summed E-state index contributed by atoms with van der Waals surface area (Å²) in [5.41, 5.74) is 3.13. The smallest absolute Gasteiger partial charge is 0.207 e. The molecule has 0 aliphatic heterocycles. The lowest BCUT2D eigenvalue weighted by Gasteiger charge is -2.14. The number of rotatable bonds is 8. The number of tetrazole rings is 1. The molecule has 1 aromatic heterocycles. The van der Waals surface area contributed by atoms with Gasteiger partial charge in [0.25, 0.3) is 0 Å². The van der Waals surface area contributed by atoms with Crippen LogP contribution in [0.1, 0.15) is 12.5 Å². The Morgan fingerprint density at radius 3 is 2.45 bits per heavy atom. The number of hydrogen-bond acceptors (Lipinski definition) is 5. The van der Waals surface area contributed by atoms with E-state index in [1.54, 1.807) is 34.7 Å². The van der Waals surface area contributed by atoms with Crippen molar-refractivity contribution in [3.63, 3.8) is 0 Å². The molecule has 0 fully saturated rings. The monoisotopic (exact) mass is 529 g/mol. The highest BCUT2D eigenvalue weighted by Gasteiger charge is 2.20. The molecular formula is C23H21FIN5O.